The molecule has 0 radical (unpaired) electrons. The van der Waals surface area contributed by atoms with E-state index < -0.39 is 0 Å². The molecule has 2 nitrogen and oxygen atoms in total. The maximum atomic E-state index is 6.17. The molecule has 96 valence electrons. The topological polar surface area (TPSA) is 26.0 Å². The average molecular weight is 292 g/mol. The second-order valence-electron chi connectivity index (χ2n) is 4.27. The third-order valence-electron chi connectivity index (χ3n) is 3.04. The molecule has 1 heterocycles. The molecule has 0 aliphatic rings. The van der Waals surface area contributed by atoms with Crippen molar-refractivity contribution in [3.05, 3.63) is 52.0 Å². The van der Waals surface area contributed by atoms with Crippen molar-refractivity contribution in [2.45, 2.75) is 13.3 Å². The highest BCUT2D eigenvalue weighted by Crippen LogP contribution is 2.35. The van der Waals surface area contributed by atoms with Gasteiger partial charge in [-0.15, -0.1) is 0 Å². The van der Waals surface area contributed by atoms with Gasteiger partial charge in [-0.25, -0.2) is 4.98 Å². The van der Waals surface area contributed by atoms with E-state index in [0.29, 0.717) is 21.5 Å². The van der Waals surface area contributed by atoms with Crippen molar-refractivity contribution in [1.29, 1.82) is 0 Å². The first kappa shape index (κ1) is 12.5. The van der Waals surface area contributed by atoms with Crippen molar-refractivity contribution in [2.24, 2.45) is 0 Å². The Labute approximate surface area is 121 Å². The SMILES string of the molecule is CCc1ccc2oc(-c3c(Cl)cccc3Cl)nc2c1. The van der Waals surface area contributed by atoms with E-state index in [2.05, 4.69) is 11.9 Å². The van der Waals surface area contributed by atoms with Crippen molar-refractivity contribution in [1.82, 2.24) is 4.98 Å². The predicted molar refractivity (Wildman–Crippen MR) is 78.8 cm³/mol. The Balaban J connectivity index is 2.21. The first-order chi connectivity index (χ1) is 9.19. The summed E-state index contributed by atoms with van der Waals surface area (Å²) in [6.45, 7) is 2.10. The molecule has 3 rings (SSSR count). The van der Waals surface area contributed by atoms with E-state index in [1.54, 1.807) is 18.2 Å². The minimum Gasteiger partial charge on any atom is -0.436 e. The van der Waals surface area contributed by atoms with Crippen LogP contribution in [0.25, 0.3) is 22.6 Å². The second-order valence-corrected chi connectivity index (χ2v) is 5.09. The number of fused-ring (bicyclic) bond motifs is 1. The monoisotopic (exact) mass is 291 g/mol. The number of benzene rings is 2. The lowest BCUT2D eigenvalue weighted by Gasteiger charge is -2.01. The Bertz CT molecular complexity index is 729. The number of aryl methyl sites for hydroxylation is 1. The Hall–Kier alpha value is -1.51. The van der Waals surface area contributed by atoms with Crippen molar-refractivity contribution >= 4 is 34.3 Å². The van der Waals surface area contributed by atoms with E-state index in [9.17, 15) is 0 Å². The second kappa shape index (κ2) is 4.87. The Morgan fingerprint density at radius 3 is 2.53 bits per heavy atom. The molecule has 0 bridgehead atoms. The fourth-order valence-electron chi connectivity index (χ4n) is 2.00. The first-order valence-electron chi connectivity index (χ1n) is 6.03. The van der Waals surface area contributed by atoms with Crippen LogP contribution in [0.3, 0.4) is 0 Å². The standard InChI is InChI=1S/C15H11Cl2NO/c1-2-9-6-7-13-12(8-9)18-15(19-13)14-10(16)4-3-5-11(14)17/h3-8H,2H2,1H3. The smallest absolute Gasteiger partial charge is 0.230 e. The number of hydrogen-bond acceptors (Lipinski definition) is 2. The maximum Gasteiger partial charge on any atom is 0.230 e. The van der Waals surface area contributed by atoms with E-state index in [1.807, 2.05) is 18.2 Å². The lowest BCUT2D eigenvalue weighted by Crippen LogP contribution is -1.81. The van der Waals surface area contributed by atoms with Crippen LogP contribution in [0.4, 0.5) is 0 Å². The zero-order valence-electron chi connectivity index (χ0n) is 10.3. The molecule has 0 aliphatic heterocycles. The summed E-state index contributed by atoms with van der Waals surface area (Å²) in [5.74, 6) is 0.457. The zero-order chi connectivity index (χ0) is 13.4. The van der Waals surface area contributed by atoms with E-state index in [1.165, 1.54) is 5.56 Å². The summed E-state index contributed by atoms with van der Waals surface area (Å²) in [6.07, 6.45) is 0.963. The molecular formula is C15H11Cl2NO. The Morgan fingerprint density at radius 2 is 1.84 bits per heavy atom. The number of halogens is 2. The summed E-state index contributed by atoms with van der Waals surface area (Å²) in [4.78, 5) is 4.48. The van der Waals surface area contributed by atoms with Gasteiger partial charge in [-0.3, -0.25) is 0 Å². The largest absolute Gasteiger partial charge is 0.436 e. The van der Waals surface area contributed by atoms with E-state index in [4.69, 9.17) is 27.6 Å². The zero-order valence-corrected chi connectivity index (χ0v) is 11.8. The number of aromatic nitrogens is 1. The molecule has 0 N–H and O–H groups in total. The van der Waals surface area contributed by atoms with Crippen LogP contribution in [0, 0.1) is 0 Å². The van der Waals surface area contributed by atoms with E-state index in [0.717, 1.165) is 17.5 Å². The van der Waals surface area contributed by atoms with Crippen LogP contribution in [0.2, 0.25) is 10.0 Å². The van der Waals surface area contributed by atoms with Gasteiger partial charge in [0.15, 0.2) is 5.58 Å². The molecule has 0 fully saturated rings. The van der Waals surface area contributed by atoms with Crippen LogP contribution in [-0.2, 0) is 6.42 Å². The fourth-order valence-corrected chi connectivity index (χ4v) is 2.56. The summed E-state index contributed by atoms with van der Waals surface area (Å²) >= 11 is 12.3. The van der Waals surface area contributed by atoms with Gasteiger partial charge >= 0.3 is 0 Å². The third-order valence-corrected chi connectivity index (χ3v) is 3.67. The van der Waals surface area contributed by atoms with Crippen LogP contribution < -0.4 is 0 Å². The molecule has 4 heteroatoms. The highest BCUT2D eigenvalue weighted by Gasteiger charge is 2.15. The molecule has 0 spiro atoms. The van der Waals surface area contributed by atoms with Gasteiger partial charge in [0.2, 0.25) is 5.89 Å². The quantitative estimate of drug-likeness (QED) is 0.635. The molecule has 0 saturated heterocycles. The molecule has 0 amide bonds. The van der Waals surface area contributed by atoms with Crippen molar-refractivity contribution < 1.29 is 4.42 Å². The molecule has 2 aromatic carbocycles. The van der Waals surface area contributed by atoms with Crippen LogP contribution in [0.5, 0.6) is 0 Å². The van der Waals surface area contributed by atoms with Crippen molar-refractivity contribution in [3.8, 4) is 11.5 Å². The summed E-state index contributed by atoms with van der Waals surface area (Å²) in [6, 6.07) is 11.3. The predicted octanol–water partition coefficient (Wildman–Crippen LogP) is 5.36. The molecule has 0 unspecified atom stereocenters. The van der Waals surface area contributed by atoms with Gasteiger partial charge in [-0.1, -0.05) is 42.3 Å². The van der Waals surface area contributed by atoms with Crippen LogP contribution in [0.15, 0.2) is 40.8 Å². The van der Waals surface area contributed by atoms with Crippen LogP contribution >= 0.6 is 23.2 Å². The molecule has 1 aromatic heterocycles. The fraction of sp³-hybridized carbons (Fsp3) is 0.133. The van der Waals surface area contributed by atoms with Crippen LogP contribution in [0.1, 0.15) is 12.5 Å². The molecule has 3 aromatic rings. The van der Waals surface area contributed by atoms with E-state index in [-0.39, 0.29) is 0 Å². The van der Waals surface area contributed by atoms with Gasteiger partial charge < -0.3 is 4.42 Å². The van der Waals surface area contributed by atoms with Gasteiger partial charge in [-0.2, -0.15) is 0 Å². The summed E-state index contributed by atoms with van der Waals surface area (Å²) < 4.78 is 5.74. The minimum absolute atomic E-state index is 0.457. The number of hydrogen-bond donors (Lipinski definition) is 0. The molecule has 19 heavy (non-hydrogen) atoms. The van der Waals surface area contributed by atoms with Gasteiger partial charge in [0, 0.05) is 0 Å². The normalized spacial score (nSPS) is 11.1. The van der Waals surface area contributed by atoms with Crippen molar-refractivity contribution in [2.75, 3.05) is 0 Å². The first-order valence-corrected chi connectivity index (χ1v) is 6.78. The highest BCUT2D eigenvalue weighted by molar-refractivity contribution is 6.38. The maximum absolute atomic E-state index is 6.17. The minimum atomic E-state index is 0.457. The van der Waals surface area contributed by atoms with Crippen LogP contribution in [-0.4, -0.2) is 4.98 Å². The summed E-state index contributed by atoms with van der Waals surface area (Å²) in [7, 11) is 0. The highest BCUT2D eigenvalue weighted by atomic mass is 35.5. The number of rotatable bonds is 2. The lowest BCUT2D eigenvalue weighted by atomic mass is 10.1. The Kier molecular flexibility index (Phi) is 3.21. The lowest BCUT2D eigenvalue weighted by molar-refractivity contribution is 0.620. The van der Waals surface area contributed by atoms with Gasteiger partial charge in [0.25, 0.3) is 0 Å². The molecular weight excluding hydrogens is 281 g/mol. The van der Waals surface area contributed by atoms with E-state index >= 15 is 0 Å². The number of oxazole rings is 1. The van der Waals surface area contributed by atoms with Gasteiger partial charge in [0.05, 0.1) is 15.6 Å². The number of nitrogens with zero attached hydrogens (tertiary/aromatic N) is 1. The molecule has 0 atom stereocenters. The van der Waals surface area contributed by atoms with Gasteiger partial charge in [0.1, 0.15) is 5.52 Å². The third kappa shape index (κ3) is 2.22. The van der Waals surface area contributed by atoms with Gasteiger partial charge in [-0.05, 0) is 36.2 Å². The molecule has 0 saturated carbocycles. The summed E-state index contributed by atoms with van der Waals surface area (Å²) in [5.41, 5.74) is 3.42. The average Bonchev–Trinajstić information content (AvgIpc) is 2.80. The van der Waals surface area contributed by atoms with Crippen molar-refractivity contribution in [3.63, 3.8) is 0 Å². The molecule has 0 aliphatic carbocycles. The summed E-state index contributed by atoms with van der Waals surface area (Å²) in [5, 5.41) is 1.07. The Morgan fingerprint density at radius 1 is 1.11 bits per heavy atom.